The Morgan fingerprint density at radius 3 is 2.40 bits per heavy atom. The first-order valence-corrected chi connectivity index (χ1v) is 10.0. The van der Waals surface area contributed by atoms with E-state index in [1.807, 2.05) is 36.4 Å². The van der Waals surface area contributed by atoms with Crippen molar-refractivity contribution >= 4 is 28.5 Å². The predicted molar refractivity (Wildman–Crippen MR) is 115 cm³/mol. The smallest absolute Gasteiger partial charge is 0.413 e. The van der Waals surface area contributed by atoms with Crippen LogP contribution in [-0.2, 0) is 11.3 Å². The lowest BCUT2D eigenvalue weighted by Crippen LogP contribution is -2.27. The van der Waals surface area contributed by atoms with E-state index >= 15 is 0 Å². The molecular weight excluding hydrogens is 404 g/mol. The Morgan fingerprint density at radius 2 is 1.73 bits per heavy atom. The Kier molecular flexibility index (Phi) is 6.37. The summed E-state index contributed by atoms with van der Waals surface area (Å²) in [6.45, 7) is 5.55. The fourth-order valence-electron chi connectivity index (χ4n) is 2.61. The summed E-state index contributed by atoms with van der Waals surface area (Å²) in [4.78, 5) is 28.3. The predicted octanol–water partition coefficient (Wildman–Crippen LogP) is 5.43. The van der Waals surface area contributed by atoms with Gasteiger partial charge >= 0.3 is 12.1 Å². The van der Waals surface area contributed by atoms with E-state index in [-0.39, 0.29) is 10.8 Å². The number of carboxylic acid groups (broad SMARTS) is 1. The van der Waals surface area contributed by atoms with Crippen molar-refractivity contribution in [1.82, 2.24) is 4.98 Å². The molecule has 0 unspecified atom stereocenters. The number of carbonyl (C=O) groups excluding carboxylic acids is 1. The highest BCUT2D eigenvalue weighted by atomic mass is 32.1. The molecule has 1 heterocycles. The first-order valence-electron chi connectivity index (χ1n) is 9.23. The average Bonchev–Trinajstić information content (AvgIpc) is 3.09. The van der Waals surface area contributed by atoms with Crippen LogP contribution in [0.1, 0.15) is 36.8 Å². The SMILES string of the molecule is CC(C)(C)OC(=O)Nc1nc(C(=O)O)c(-c2ccccc2OCc2ccccc2)s1. The second kappa shape index (κ2) is 8.96. The molecule has 156 valence electrons. The molecule has 0 radical (unpaired) electrons. The van der Waals surface area contributed by atoms with E-state index in [1.165, 1.54) is 0 Å². The standard InChI is InChI=1S/C22H22N2O5S/c1-22(2,3)29-21(27)24-20-23-17(19(25)26)18(30-20)15-11-7-8-12-16(15)28-13-14-9-5-4-6-10-14/h4-12H,13H2,1-3H3,(H,25,26)(H,23,24,27). The van der Waals surface area contributed by atoms with Crippen molar-refractivity contribution in [3.8, 4) is 16.2 Å². The lowest BCUT2D eigenvalue weighted by molar-refractivity contribution is 0.0632. The van der Waals surface area contributed by atoms with Gasteiger partial charge in [-0.3, -0.25) is 5.32 Å². The normalized spacial score (nSPS) is 11.0. The number of benzene rings is 2. The van der Waals surface area contributed by atoms with Gasteiger partial charge < -0.3 is 14.6 Å². The molecule has 0 spiro atoms. The maximum atomic E-state index is 12.0. The first kappa shape index (κ1) is 21.3. The van der Waals surface area contributed by atoms with E-state index in [9.17, 15) is 14.7 Å². The number of nitrogens with zero attached hydrogens (tertiary/aromatic N) is 1. The zero-order chi connectivity index (χ0) is 21.7. The highest BCUT2D eigenvalue weighted by molar-refractivity contribution is 7.19. The summed E-state index contributed by atoms with van der Waals surface area (Å²) >= 11 is 1.05. The van der Waals surface area contributed by atoms with Gasteiger partial charge in [-0.15, -0.1) is 0 Å². The molecule has 0 bridgehead atoms. The van der Waals surface area contributed by atoms with Crippen molar-refractivity contribution in [3.05, 3.63) is 65.9 Å². The van der Waals surface area contributed by atoms with Crippen molar-refractivity contribution in [1.29, 1.82) is 0 Å². The summed E-state index contributed by atoms with van der Waals surface area (Å²) in [5.74, 6) is -0.673. The van der Waals surface area contributed by atoms with Crippen molar-refractivity contribution in [2.75, 3.05) is 5.32 Å². The molecule has 0 saturated carbocycles. The number of rotatable bonds is 6. The lowest BCUT2D eigenvalue weighted by atomic mass is 10.1. The summed E-state index contributed by atoms with van der Waals surface area (Å²) in [5, 5.41) is 12.3. The van der Waals surface area contributed by atoms with Gasteiger partial charge in [0.2, 0.25) is 0 Å². The van der Waals surface area contributed by atoms with Crippen LogP contribution in [0.3, 0.4) is 0 Å². The van der Waals surface area contributed by atoms with Gasteiger partial charge in [0, 0.05) is 5.56 Å². The number of amides is 1. The van der Waals surface area contributed by atoms with E-state index in [4.69, 9.17) is 9.47 Å². The molecule has 30 heavy (non-hydrogen) atoms. The molecule has 7 nitrogen and oxygen atoms in total. The molecule has 0 aliphatic rings. The zero-order valence-corrected chi connectivity index (χ0v) is 17.7. The number of carboxylic acids is 1. The molecule has 3 rings (SSSR count). The molecule has 0 aliphatic carbocycles. The van der Waals surface area contributed by atoms with Crippen LogP contribution in [0.15, 0.2) is 54.6 Å². The van der Waals surface area contributed by atoms with Gasteiger partial charge in [-0.05, 0) is 38.5 Å². The van der Waals surface area contributed by atoms with Crippen molar-refractivity contribution in [2.24, 2.45) is 0 Å². The number of hydrogen-bond donors (Lipinski definition) is 2. The van der Waals surface area contributed by atoms with Gasteiger partial charge in [-0.25, -0.2) is 14.6 Å². The number of aromatic nitrogens is 1. The molecule has 8 heteroatoms. The van der Waals surface area contributed by atoms with Crippen molar-refractivity contribution in [3.63, 3.8) is 0 Å². The molecule has 1 amide bonds. The number of ether oxygens (including phenoxy) is 2. The van der Waals surface area contributed by atoms with Crippen LogP contribution in [0.5, 0.6) is 5.75 Å². The number of anilines is 1. The number of thiazole rings is 1. The molecule has 3 aromatic rings. The molecule has 0 saturated heterocycles. The van der Waals surface area contributed by atoms with Crippen molar-refractivity contribution in [2.45, 2.75) is 33.0 Å². The summed E-state index contributed by atoms with van der Waals surface area (Å²) in [5.41, 5.74) is 0.724. The second-order valence-corrected chi connectivity index (χ2v) is 8.40. The topological polar surface area (TPSA) is 97.8 Å². The maximum absolute atomic E-state index is 12.0. The minimum absolute atomic E-state index is 0.134. The largest absolute Gasteiger partial charge is 0.488 e. The summed E-state index contributed by atoms with van der Waals surface area (Å²) in [6.07, 6.45) is -0.701. The van der Waals surface area contributed by atoms with Crippen molar-refractivity contribution < 1.29 is 24.2 Å². The van der Waals surface area contributed by atoms with Crippen LogP contribution in [0.2, 0.25) is 0 Å². The number of para-hydroxylation sites is 1. The average molecular weight is 426 g/mol. The number of carbonyl (C=O) groups is 2. The van der Waals surface area contributed by atoms with E-state index in [0.29, 0.717) is 22.8 Å². The zero-order valence-electron chi connectivity index (χ0n) is 16.8. The van der Waals surface area contributed by atoms with Gasteiger partial charge in [-0.2, -0.15) is 0 Å². The van der Waals surface area contributed by atoms with Gasteiger partial charge in [0.1, 0.15) is 18.0 Å². The molecule has 2 N–H and O–H groups in total. The molecule has 0 atom stereocenters. The number of aromatic carboxylic acids is 1. The summed E-state index contributed by atoms with van der Waals surface area (Å²) < 4.78 is 11.2. The lowest BCUT2D eigenvalue weighted by Gasteiger charge is -2.18. The van der Waals surface area contributed by atoms with E-state index in [2.05, 4.69) is 10.3 Å². The number of nitrogens with one attached hydrogen (secondary N) is 1. The maximum Gasteiger partial charge on any atom is 0.413 e. The number of hydrogen-bond acceptors (Lipinski definition) is 6. The first-order chi connectivity index (χ1) is 14.2. The van der Waals surface area contributed by atoms with Crippen LogP contribution in [0.4, 0.5) is 9.93 Å². The van der Waals surface area contributed by atoms with Crippen LogP contribution in [0.25, 0.3) is 10.4 Å². The van der Waals surface area contributed by atoms with Gasteiger partial charge in [-0.1, -0.05) is 53.8 Å². The third-order valence-corrected chi connectivity index (χ3v) is 4.81. The Balaban J connectivity index is 1.88. The van der Waals surface area contributed by atoms with E-state index in [1.54, 1.807) is 39.0 Å². The minimum atomic E-state index is -1.20. The van der Waals surface area contributed by atoms with Crippen LogP contribution in [0, 0.1) is 0 Å². The Morgan fingerprint density at radius 1 is 1.07 bits per heavy atom. The highest BCUT2D eigenvalue weighted by Crippen LogP contribution is 2.39. The monoisotopic (exact) mass is 426 g/mol. The fraction of sp³-hybridized carbons (Fsp3) is 0.227. The Hall–Kier alpha value is -3.39. The third kappa shape index (κ3) is 5.57. The van der Waals surface area contributed by atoms with Crippen LogP contribution >= 0.6 is 11.3 Å². The van der Waals surface area contributed by atoms with Crippen LogP contribution < -0.4 is 10.1 Å². The Bertz CT molecular complexity index is 1040. The van der Waals surface area contributed by atoms with Gasteiger partial charge in [0.05, 0.1) is 4.88 Å². The fourth-order valence-corrected chi connectivity index (χ4v) is 3.58. The molecule has 1 aromatic heterocycles. The summed E-state index contributed by atoms with van der Waals surface area (Å²) in [7, 11) is 0. The Labute approximate surface area is 178 Å². The molecule has 0 fully saturated rings. The highest BCUT2D eigenvalue weighted by Gasteiger charge is 2.24. The molecule has 0 aliphatic heterocycles. The quantitative estimate of drug-likeness (QED) is 0.545. The minimum Gasteiger partial charge on any atom is -0.488 e. The summed E-state index contributed by atoms with van der Waals surface area (Å²) in [6, 6.07) is 16.8. The van der Waals surface area contributed by atoms with Crippen LogP contribution in [-0.4, -0.2) is 27.8 Å². The van der Waals surface area contributed by atoms with Gasteiger partial charge in [0.25, 0.3) is 0 Å². The third-order valence-electron chi connectivity index (χ3n) is 3.81. The second-order valence-electron chi connectivity index (χ2n) is 7.40. The molecular formula is C22H22N2O5S. The van der Waals surface area contributed by atoms with Gasteiger partial charge in [0.15, 0.2) is 10.8 Å². The molecule has 2 aromatic carbocycles. The van der Waals surface area contributed by atoms with E-state index in [0.717, 1.165) is 16.9 Å². The van der Waals surface area contributed by atoms with E-state index < -0.39 is 17.7 Å².